The quantitative estimate of drug-likeness (QED) is 0.603. The molecule has 5 unspecified atom stereocenters. The number of hydrogen-bond acceptors (Lipinski definition) is 3. The molecule has 0 radical (unpaired) electrons. The number of rotatable bonds is 0. The van der Waals surface area contributed by atoms with Crippen LogP contribution in [0.5, 0.6) is 0 Å². The van der Waals surface area contributed by atoms with Crippen LogP contribution in [-0.4, -0.2) is 42.9 Å². The van der Waals surface area contributed by atoms with Gasteiger partial charge in [-0.05, 0) is 19.9 Å². The van der Waals surface area contributed by atoms with Crippen molar-refractivity contribution in [2.24, 2.45) is 0 Å². The molecule has 3 fully saturated rings. The third-order valence-electron chi connectivity index (χ3n) is 5.35. The highest BCUT2D eigenvalue weighted by atomic mass is 16.6. The molecule has 3 aliphatic rings. The first-order valence-corrected chi connectivity index (χ1v) is 6.01. The van der Waals surface area contributed by atoms with Crippen molar-refractivity contribution in [1.29, 1.82) is 0 Å². The van der Waals surface area contributed by atoms with Crippen LogP contribution in [0.1, 0.15) is 33.1 Å². The number of hydrogen-bond donors (Lipinski definition) is 1. The van der Waals surface area contributed by atoms with E-state index in [1.165, 1.54) is 20.1 Å². The van der Waals surface area contributed by atoms with Crippen LogP contribution in [0.15, 0.2) is 0 Å². The highest BCUT2D eigenvalue weighted by Crippen LogP contribution is 2.75. The Bertz CT molecular complexity index is 300. The van der Waals surface area contributed by atoms with E-state index in [-0.39, 0.29) is 6.10 Å². The monoisotopic (exact) mass is 209 g/mol. The molecule has 15 heavy (non-hydrogen) atoms. The minimum atomic E-state index is -0.674. The third kappa shape index (κ3) is 1.25. The fourth-order valence-electron chi connectivity index (χ4n) is 3.78. The van der Waals surface area contributed by atoms with Crippen molar-refractivity contribution in [2.75, 3.05) is 7.05 Å². The summed E-state index contributed by atoms with van der Waals surface area (Å²) in [5.74, 6) is 0. The molecule has 0 aromatic heterocycles. The molecular weight excluding hydrogens is 189 g/mol. The van der Waals surface area contributed by atoms with E-state index in [2.05, 4.69) is 13.8 Å². The summed E-state index contributed by atoms with van der Waals surface area (Å²) in [6, 6.07) is 0.432. The van der Waals surface area contributed by atoms with Crippen LogP contribution in [0.25, 0.3) is 0 Å². The molecule has 0 bridgehead atoms. The van der Waals surface area contributed by atoms with Crippen molar-refractivity contribution < 1.29 is 9.84 Å². The van der Waals surface area contributed by atoms with Gasteiger partial charge in [0.1, 0.15) is 7.28 Å². The summed E-state index contributed by atoms with van der Waals surface area (Å²) in [6.07, 6.45) is 3.15. The van der Waals surface area contributed by atoms with Gasteiger partial charge in [0.25, 0.3) is 0 Å². The Hall–Kier alpha value is -0.0551. The van der Waals surface area contributed by atoms with Gasteiger partial charge in [-0.25, -0.2) is 0 Å². The number of aliphatic hydroxyl groups excluding tert-OH is 1. The fraction of sp³-hybridized carbons (Fsp3) is 1.00. The first kappa shape index (κ1) is 10.1. The summed E-state index contributed by atoms with van der Waals surface area (Å²) in [5, 5.41) is 10.7. The second kappa shape index (κ2) is 2.79. The second-order valence-electron chi connectivity index (χ2n) is 6.27. The van der Waals surface area contributed by atoms with Crippen molar-refractivity contribution in [3.63, 3.8) is 0 Å². The molecule has 1 N–H and O–H groups in total. The van der Waals surface area contributed by atoms with E-state index >= 15 is 0 Å². The van der Waals surface area contributed by atoms with Gasteiger partial charge in [-0.15, -0.1) is 0 Å². The molecule has 0 spiro atoms. The largest absolute Gasteiger partial charge is 0.356 e. The van der Waals surface area contributed by atoms with Gasteiger partial charge in [0.15, 0.2) is 0 Å². The summed E-state index contributed by atoms with van der Waals surface area (Å²) >= 11 is 0. The predicted molar refractivity (Wildman–Crippen MR) is 60.2 cm³/mol. The SMILES string of the molecule is CN1C(O)OC2CC3(C)BC3(C)CCC21. The molecular formula is C11H20BNO2. The number of aliphatic hydroxyl groups is 1. The Morgan fingerprint density at radius 2 is 2.13 bits per heavy atom. The van der Waals surface area contributed by atoms with Gasteiger partial charge in [0, 0.05) is 6.04 Å². The zero-order chi connectivity index (χ0) is 10.8. The smallest absolute Gasteiger partial charge is 0.216 e. The molecule has 2 aliphatic heterocycles. The molecule has 5 atom stereocenters. The third-order valence-corrected chi connectivity index (χ3v) is 5.35. The lowest BCUT2D eigenvalue weighted by Gasteiger charge is -2.22. The van der Waals surface area contributed by atoms with E-state index in [0.29, 0.717) is 16.7 Å². The molecule has 84 valence electrons. The zero-order valence-corrected chi connectivity index (χ0v) is 9.86. The Balaban J connectivity index is 1.83. The highest BCUT2D eigenvalue weighted by Gasteiger charge is 2.64. The van der Waals surface area contributed by atoms with Gasteiger partial charge in [-0.2, -0.15) is 0 Å². The average molecular weight is 209 g/mol. The Morgan fingerprint density at radius 1 is 1.40 bits per heavy atom. The van der Waals surface area contributed by atoms with Gasteiger partial charge in [-0.3, -0.25) is 4.90 Å². The van der Waals surface area contributed by atoms with Gasteiger partial charge in [0.05, 0.1) is 6.10 Å². The molecule has 3 rings (SSSR count). The lowest BCUT2D eigenvalue weighted by molar-refractivity contribution is -0.145. The standard InChI is InChI=1S/C11H20BNO2/c1-10-5-4-7-8(6-11(10,2)12-10)15-9(14)13(7)3/h7-9,12,14H,4-6H2,1-3H3. The van der Waals surface area contributed by atoms with Crippen molar-refractivity contribution in [3.8, 4) is 0 Å². The molecule has 1 aliphatic carbocycles. The van der Waals surface area contributed by atoms with Crippen molar-refractivity contribution in [3.05, 3.63) is 0 Å². The minimum absolute atomic E-state index is 0.249. The van der Waals surface area contributed by atoms with E-state index in [0.717, 1.165) is 6.42 Å². The first-order chi connectivity index (χ1) is 6.95. The van der Waals surface area contributed by atoms with E-state index in [1.54, 1.807) is 0 Å². The van der Waals surface area contributed by atoms with E-state index in [1.807, 2.05) is 11.9 Å². The predicted octanol–water partition coefficient (Wildman–Crippen LogP) is 0.953. The molecule has 3 nitrogen and oxygen atoms in total. The molecule has 1 saturated carbocycles. The molecule has 0 amide bonds. The van der Waals surface area contributed by atoms with Crippen molar-refractivity contribution in [1.82, 2.24) is 4.90 Å². The summed E-state index contributed by atoms with van der Waals surface area (Å²) < 4.78 is 5.65. The second-order valence-corrected chi connectivity index (χ2v) is 6.27. The van der Waals surface area contributed by atoms with Crippen LogP contribution in [0.3, 0.4) is 0 Å². The van der Waals surface area contributed by atoms with Crippen molar-refractivity contribution in [2.45, 2.75) is 62.3 Å². The molecule has 0 aromatic rings. The van der Waals surface area contributed by atoms with Crippen molar-refractivity contribution >= 4 is 7.28 Å². The zero-order valence-electron chi connectivity index (χ0n) is 9.86. The van der Waals surface area contributed by atoms with E-state index < -0.39 is 6.41 Å². The highest BCUT2D eigenvalue weighted by molar-refractivity contribution is 6.59. The van der Waals surface area contributed by atoms with Crippen LogP contribution >= 0.6 is 0 Å². The van der Waals surface area contributed by atoms with E-state index in [4.69, 9.17) is 4.74 Å². The number of nitrogens with zero attached hydrogens (tertiary/aromatic N) is 1. The topological polar surface area (TPSA) is 32.7 Å². The van der Waals surface area contributed by atoms with Gasteiger partial charge in [-0.1, -0.05) is 30.9 Å². The maximum atomic E-state index is 9.67. The van der Waals surface area contributed by atoms with Crippen LogP contribution in [0.2, 0.25) is 10.6 Å². The lowest BCUT2D eigenvalue weighted by atomic mass is 9.80. The van der Waals surface area contributed by atoms with E-state index in [9.17, 15) is 5.11 Å². The first-order valence-electron chi connectivity index (χ1n) is 6.01. The summed E-state index contributed by atoms with van der Waals surface area (Å²) in [6.45, 7) is 4.79. The number of ether oxygens (including phenoxy) is 1. The van der Waals surface area contributed by atoms with Gasteiger partial charge >= 0.3 is 0 Å². The van der Waals surface area contributed by atoms with Crippen LogP contribution in [-0.2, 0) is 4.74 Å². The molecule has 2 heterocycles. The molecule has 4 heteroatoms. The summed E-state index contributed by atoms with van der Waals surface area (Å²) in [7, 11) is 3.31. The molecule has 2 saturated heterocycles. The van der Waals surface area contributed by atoms with Crippen LogP contribution in [0, 0.1) is 0 Å². The maximum Gasteiger partial charge on any atom is 0.216 e. The molecule has 0 aromatic carbocycles. The summed E-state index contributed by atoms with van der Waals surface area (Å²) in [5.41, 5.74) is 0. The summed E-state index contributed by atoms with van der Waals surface area (Å²) in [4.78, 5) is 1.99. The lowest BCUT2D eigenvalue weighted by Crippen LogP contribution is -2.35. The van der Waals surface area contributed by atoms with Crippen LogP contribution < -0.4 is 0 Å². The number of fused-ring (bicyclic) bond motifs is 2. The number of likely N-dealkylation sites (N-methyl/N-ethyl adjacent to an activating group) is 1. The van der Waals surface area contributed by atoms with Crippen LogP contribution in [0.4, 0.5) is 0 Å². The maximum absolute atomic E-state index is 9.67. The average Bonchev–Trinajstić information content (AvgIpc) is 2.58. The normalized spacial score (nSPS) is 59.1. The fourth-order valence-corrected chi connectivity index (χ4v) is 3.78. The Labute approximate surface area is 92.0 Å². The van der Waals surface area contributed by atoms with Gasteiger partial charge < -0.3 is 9.84 Å². The Kier molecular flexibility index (Phi) is 1.88. The Morgan fingerprint density at radius 3 is 2.87 bits per heavy atom. The van der Waals surface area contributed by atoms with Gasteiger partial charge in [0.2, 0.25) is 6.41 Å². The minimum Gasteiger partial charge on any atom is -0.356 e.